The molecular formula is C24H33F2N7O3. The van der Waals surface area contributed by atoms with Crippen LogP contribution < -0.4 is 25.2 Å². The predicted octanol–water partition coefficient (Wildman–Crippen LogP) is 2.74. The van der Waals surface area contributed by atoms with Crippen LogP contribution in [0.1, 0.15) is 30.6 Å². The van der Waals surface area contributed by atoms with Crippen molar-refractivity contribution in [1.29, 1.82) is 0 Å². The van der Waals surface area contributed by atoms with Gasteiger partial charge in [-0.3, -0.25) is 9.59 Å². The lowest BCUT2D eigenvalue weighted by molar-refractivity contribution is -0.140. The van der Waals surface area contributed by atoms with Crippen LogP contribution in [0.25, 0.3) is 0 Å². The van der Waals surface area contributed by atoms with E-state index in [1.165, 1.54) is 25.3 Å². The summed E-state index contributed by atoms with van der Waals surface area (Å²) in [5.41, 5.74) is 1.10. The molecule has 0 atom stereocenters. The van der Waals surface area contributed by atoms with Crippen LogP contribution in [0.5, 0.6) is 5.75 Å². The van der Waals surface area contributed by atoms with Gasteiger partial charge in [-0.1, -0.05) is 0 Å². The minimum Gasteiger partial charge on any atom is -0.495 e. The lowest BCUT2D eigenvalue weighted by atomic mass is 10.1. The molecule has 2 heterocycles. The van der Waals surface area contributed by atoms with Gasteiger partial charge in [0.15, 0.2) is 5.82 Å². The van der Waals surface area contributed by atoms with Crippen LogP contribution in [-0.2, 0) is 4.79 Å². The molecule has 36 heavy (non-hydrogen) atoms. The summed E-state index contributed by atoms with van der Waals surface area (Å²) in [5, 5.41) is 5.91. The Morgan fingerprint density at radius 1 is 1.31 bits per heavy atom. The molecule has 0 fully saturated rings. The maximum atomic E-state index is 14.5. The Morgan fingerprint density at radius 3 is 2.67 bits per heavy atom. The summed E-state index contributed by atoms with van der Waals surface area (Å²) in [4.78, 5) is 37.8. The number of amides is 2. The number of anilines is 4. The average molecular weight is 506 g/mol. The average Bonchev–Trinajstić information content (AvgIpc) is 2.90. The van der Waals surface area contributed by atoms with Crippen molar-refractivity contribution in [2.24, 2.45) is 0 Å². The Hall–Kier alpha value is -3.54. The molecule has 2 N–H and O–H groups in total. The molecule has 0 unspecified atom stereocenters. The first-order chi connectivity index (χ1) is 16.9. The Morgan fingerprint density at radius 2 is 2.03 bits per heavy atom. The van der Waals surface area contributed by atoms with Crippen molar-refractivity contribution in [3.8, 4) is 5.75 Å². The van der Waals surface area contributed by atoms with Crippen molar-refractivity contribution >= 4 is 35.0 Å². The minimum absolute atomic E-state index is 0.129. The van der Waals surface area contributed by atoms with Gasteiger partial charge in [-0.25, -0.2) is 4.98 Å². The molecule has 10 nitrogen and oxygen atoms in total. The number of nitrogens with zero attached hydrogens (tertiary/aromatic N) is 5. The number of rotatable bonds is 9. The summed E-state index contributed by atoms with van der Waals surface area (Å²) in [6.45, 7) is 4.11. The van der Waals surface area contributed by atoms with Crippen molar-refractivity contribution in [1.82, 2.24) is 20.2 Å². The van der Waals surface area contributed by atoms with E-state index in [1.807, 2.05) is 19.0 Å². The highest BCUT2D eigenvalue weighted by atomic mass is 19.3. The van der Waals surface area contributed by atoms with Crippen molar-refractivity contribution in [2.45, 2.75) is 32.2 Å². The zero-order chi connectivity index (χ0) is 26.6. The first kappa shape index (κ1) is 27.1. The number of methoxy groups -OCH3 is 1. The lowest BCUT2D eigenvalue weighted by Crippen LogP contribution is -2.47. The second-order valence-electron chi connectivity index (χ2n) is 9.15. The molecule has 3 rings (SSSR count). The molecule has 0 aliphatic carbocycles. The summed E-state index contributed by atoms with van der Waals surface area (Å²) in [5.74, 6) is -4.38. The summed E-state index contributed by atoms with van der Waals surface area (Å²) in [7, 11) is 6.70. The lowest BCUT2D eigenvalue weighted by Gasteiger charge is -2.29. The molecule has 12 heteroatoms. The molecule has 0 bridgehead atoms. The van der Waals surface area contributed by atoms with Crippen LogP contribution in [0.4, 0.5) is 31.9 Å². The third kappa shape index (κ3) is 5.99. The SMILES string of the molecule is COc1cc(C(=O)NCCCN(C)C)ccc1Nc1ncc2c(n1)N(C(C)C)CC(F)(F)C(=O)N2C. The number of hydrogen-bond donors (Lipinski definition) is 2. The highest BCUT2D eigenvalue weighted by Crippen LogP contribution is 2.37. The molecular weight excluding hydrogens is 472 g/mol. The van der Waals surface area contributed by atoms with Gasteiger partial charge >= 0.3 is 5.92 Å². The summed E-state index contributed by atoms with van der Waals surface area (Å²) >= 11 is 0. The first-order valence-corrected chi connectivity index (χ1v) is 11.6. The number of benzene rings is 1. The van der Waals surface area contributed by atoms with E-state index < -0.39 is 18.4 Å². The van der Waals surface area contributed by atoms with E-state index >= 15 is 0 Å². The quantitative estimate of drug-likeness (QED) is 0.502. The largest absolute Gasteiger partial charge is 0.495 e. The predicted molar refractivity (Wildman–Crippen MR) is 135 cm³/mol. The molecule has 1 aliphatic rings. The van der Waals surface area contributed by atoms with E-state index in [2.05, 4.69) is 20.6 Å². The highest BCUT2D eigenvalue weighted by molar-refractivity contribution is 6.02. The first-order valence-electron chi connectivity index (χ1n) is 11.6. The van der Waals surface area contributed by atoms with Gasteiger partial charge in [0.05, 0.1) is 25.5 Å². The molecule has 2 aromatic rings. The highest BCUT2D eigenvalue weighted by Gasteiger charge is 2.47. The van der Waals surface area contributed by atoms with E-state index in [4.69, 9.17) is 4.74 Å². The molecule has 0 spiro atoms. The number of fused-ring (bicyclic) bond motifs is 1. The summed E-state index contributed by atoms with van der Waals surface area (Å²) in [6.07, 6.45) is 2.16. The summed E-state index contributed by atoms with van der Waals surface area (Å²) in [6, 6.07) is 4.55. The van der Waals surface area contributed by atoms with Gasteiger partial charge in [0.1, 0.15) is 11.4 Å². The van der Waals surface area contributed by atoms with E-state index in [1.54, 1.807) is 32.0 Å². The second kappa shape index (κ2) is 11.0. The van der Waals surface area contributed by atoms with Gasteiger partial charge in [-0.05, 0) is 59.1 Å². The number of halogens is 2. The fraction of sp³-hybridized carbons (Fsp3) is 0.500. The number of aromatic nitrogens is 2. The summed E-state index contributed by atoms with van der Waals surface area (Å²) < 4.78 is 34.5. The Labute approximate surface area is 209 Å². The smallest absolute Gasteiger partial charge is 0.342 e. The van der Waals surface area contributed by atoms with Crippen LogP contribution in [0.15, 0.2) is 24.4 Å². The molecule has 0 saturated heterocycles. The minimum atomic E-state index is -3.57. The third-order valence-electron chi connectivity index (χ3n) is 5.77. The number of carbonyl (C=O) groups excluding carboxylic acids is 2. The fourth-order valence-electron chi connectivity index (χ4n) is 3.77. The van der Waals surface area contributed by atoms with Crippen molar-refractivity contribution in [2.75, 3.05) is 63.0 Å². The van der Waals surface area contributed by atoms with E-state index in [0.717, 1.165) is 17.9 Å². The molecule has 1 aliphatic heterocycles. The third-order valence-corrected chi connectivity index (χ3v) is 5.77. The zero-order valence-corrected chi connectivity index (χ0v) is 21.4. The van der Waals surface area contributed by atoms with Crippen LogP contribution in [0.3, 0.4) is 0 Å². The Balaban J connectivity index is 1.84. The molecule has 1 aromatic carbocycles. The molecule has 1 aromatic heterocycles. The van der Waals surface area contributed by atoms with Crippen LogP contribution in [0.2, 0.25) is 0 Å². The van der Waals surface area contributed by atoms with Gasteiger partial charge in [0.2, 0.25) is 5.95 Å². The van der Waals surface area contributed by atoms with Crippen LogP contribution >= 0.6 is 0 Å². The maximum absolute atomic E-state index is 14.5. The van der Waals surface area contributed by atoms with Crippen LogP contribution in [0, 0.1) is 0 Å². The van der Waals surface area contributed by atoms with E-state index in [9.17, 15) is 18.4 Å². The Kier molecular flexibility index (Phi) is 8.28. The number of alkyl halides is 2. The van der Waals surface area contributed by atoms with Crippen molar-refractivity contribution in [3.05, 3.63) is 30.0 Å². The van der Waals surface area contributed by atoms with Gasteiger partial charge in [-0.15, -0.1) is 0 Å². The van der Waals surface area contributed by atoms with Gasteiger partial charge in [0.25, 0.3) is 11.8 Å². The molecule has 0 saturated carbocycles. The zero-order valence-electron chi connectivity index (χ0n) is 21.4. The Bertz CT molecular complexity index is 1110. The van der Waals surface area contributed by atoms with E-state index in [-0.39, 0.29) is 29.4 Å². The van der Waals surface area contributed by atoms with E-state index in [0.29, 0.717) is 23.5 Å². The van der Waals surface area contributed by atoms with Crippen molar-refractivity contribution in [3.63, 3.8) is 0 Å². The number of nitrogens with one attached hydrogen (secondary N) is 2. The monoisotopic (exact) mass is 505 g/mol. The van der Waals surface area contributed by atoms with Gasteiger partial charge in [-0.2, -0.15) is 13.8 Å². The van der Waals surface area contributed by atoms with Crippen LogP contribution in [-0.4, -0.2) is 86.5 Å². The number of ether oxygens (including phenoxy) is 1. The standard InChI is InChI=1S/C24H33F2N7O3/c1-15(2)33-14-24(25,26)22(35)32(5)18-13-28-23(30-20(18)33)29-17-9-8-16(12-19(17)36-6)21(34)27-10-7-11-31(3)4/h8-9,12-13,15H,7,10-11,14H2,1-6H3,(H,27,34)(H,28,29,30). The second-order valence-corrected chi connectivity index (χ2v) is 9.15. The fourth-order valence-corrected chi connectivity index (χ4v) is 3.77. The number of hydrogen-bond acceptors (Lipinski definition) is 8. The van der Waals surface area contributed by atoms with Crippen molar-refractivity contribution < 1.29 is 23.1 Å². The maximum Gasteiger partial charge on any atom is 0.342 e. The number of carbonyl (C=O) groups is 2. The molecule has 196 valence electrons. The molecule has 0 radical (unpaired) electrons. The van der Waals surface area contributed by atoms with Gasteiger partial charge < -0.3 is 30.1 Å². The topological polar surface area (TPSA) is 103 Å². The molecule has 2 amide bonds. The van der Waals surface area contributed by atoms with Gasteiger partial charge in [0, 0.05) is 25.2 Å². The normalized spacial score (nSPS) is 15.1.